The van der Waals surface area contributed by atoms with E-state index in [1.165, 1.54) is 21.6 Å². The van der Waals surface area contributed by atoms with E-state index in [-0.39, 0.29) is 5.88 Å². The second-order valence-corrected chi connectivity index (χ2v) is 8.22. The van der Waals surface area contributed by atoms with Gasteiger partial charge < -0.3 is 15.7 Å². The van der Waals surface area contributed by atoms with E-state index in [2.05, 4.69) is 38.8 Å². The second-order valence-electron chi connectivity index (χ2n) is 6.10. The number of hydrogen-bond donors (Lipinski definition) is 3. The van der Waals surface area contributed by atoms with Crippen LogP contribution in [0, 0.1) is 0 Å². The molecule has 4 aromatic rings. The number of thiazole rings is 2. The summed E-state index contributed by atoms with van der Waals surface area (Å²) in [5.41, 5.74) is 3.26. The van der Waals surface area contributed by atoms with Gasteiger partial charge in [0, 0.05) is 12.2 Å². The molecule has 7 heteroatoms. The zero-order valence-electron chi connectivity index (χ0n) is 14.9. The lowest BCUT2D eigenvalue weighted by molar-refractivity contribution is 0.452. The Hall–Kier alpha value is -2.64. The van der Waals surface area contributed by atoms with Crippen molar-refractivity contribution in [3.63, 3.8) is 0 Å². The molecule has 0 amide bonds. The van der Waals surface area contributed by atoms with Crippen LogP contribution >= 0.6 is 22.7 Å². The summed E-state index contributed by atoms with van der Waals surface area (Å²) in [5.74, 6) is 0.127. The molecule has 4 rings (SSSR count). The minimum atomic E-state index is 0.127. The fourth-order valence-electron chi connectivity index (χ4n) is 2.77. The van der Waals surface area contributed by atoms with Crippen molar-refractivity contribution < 1.29 is 5.11 Å². The number of nitrogens with one attached hydrogen (secondary N) is 2. The van der Waals surface area contributed by atoms with Crippen LogP contribution in [0.4, 0.5) is 16.0 Å². The van der Waals surface area contributed by atoms with Gasteiger partial charge in [-0.1, -0.05) is 53.9 Å². The minimum absolute atomic E-state index is 0.127. The van der Waals surface area contributed by atoms with E-state index in [1.807, 2.05) is 37.3 Å². The molecule has 5 nitrogen and oxygen atoms in total. The summed E-state index contributed by atoms with van der Waals surface area (Å²) >= 11 is 3.17. The first-order valence-corrected chi connectivity index (χ1v) is 10.5. The Bertz CT molecular complexity index is 1010. The van der Waals surface area contributed by atoms with E-state index in [4.69, 9.17) is 0 Å². The summed E-state index contributed by atoms with van der Waals surface area (Å²) in [4.78, 5) is 9.64. The molecule has 2 aromatic heterocycles. The zero-order valence-corrected chi connectivity index (χ0v) is 16.5. The van der Waals surface area contributed by atoms with Gasteiger partial charge in [0.05, 0.1) is 15.1 Å². The number of benzene rings is 2. The van der Waals surface area contributed by atoms with Crippen molar-refractivity contribution in [1.82, 2.24) is 9.97 Å². The number of rotatable bonds is 7. The normalized spacial score (nSPS) is 11.0. The standard InChI is InChI=1S/C20H20N4OS2/c1-2-16-18(25)24-20(26-16)22-14-9-7-13(8-10-14)11-12-21-19-23-15-5-3-4-6-17(15)27-19/h3-10,25H,2,11-12H2,1H3,(H,21,23)(H,22,24). The summed E-state index contributed by atoms with van der Waals surface area (Å²) < 4.78 is 1.20. The van der Waals surface area contributed by atoms with E-state index >= 15 is 0 Å². The van der Waals surface area contributed by atoms with Gasteiger partial charge in [-0.2, -0.15) is 4.98 Å². The molecule has 0 saturated heterocycles. The highest BCUT2D eigenvalue weighted by atomic mass is 32.1. The molecular weight excluding hydrogens is 376 g/mol. The maximum absolute atomic E-state index is 9.74. The van der Waals surface area contributed by atoms with Gasteiger partial charge in [-0.3, -0.25) is 0 Å². The number of nitrogens with zero attached hydrogens (tertiary/aromatic N) is 2. The van der Waals surface area contributed by atoms with Gasteiger partial charge in [0.15, 0.2) is 10.3 Å². The third-order valence-corrected chi connectivity index (χ3v) is 6.29. The van der Waals surface area contributed by atoms with Crippen LogP contribution in [0.2, 0.25) is 0 Å². The molecule has 0 atom stereocenters. The molecule has 0 radical (unpaired) electrons. The van der Waals surface area contributed by atoms with Crippen LogP contribution in [0.15, 0.2) is 48.5 Å². The molecular formula is C20H20N4OS2. The highest BCUT2D eigenvalue weighted by Crippen LogP contribution is 2.30. The van der Waals surface area contributed by atoms with E-state index in [0.29, 0.717) is 0 Å². The number of aryl methyl sites for hydroxylation is 1. The van der Waals surface area contributed by atoms with Crippen LogP contribution < -0.4 is 10.6 Å². The molecule has 0 saturated carbocycles. The fraction of sp³-hybridized carbons (Fsp3) is 0.200. The van der Waals surface area contributed by atoms with E-state index in [9.17, 15) is 5.11 Å². The van der Waals surface area contributed by atoms with Crippen LogP contribution in [-0.4, -0.2) is 21.6 Å². The molecule has 3 N–H and O–H groups in total. The lowest BCUT2D eigenvalue weighted by atomic mass is 10.1. The van der Waals surface area contributed by atoms with Gasteiger partial charge in [0.1, 0.15) is 0 Å². The fourth-order valence-corrected chi connectivity index (χ4v) is 4.47. The minimum Gasteiger partial charge on any atom is -0.492 e. The molecule has 0 aliphatic heterocycles. The van der Waals surface area contributed by atoms with Crippen molar-refractivity contribution in [3.05, 3.63) is 59.0 Å². The van der Waals surface area contributed by atoms with Crippen molar-refractivity contribution >= 4 is 48.8 Å². The van der Waals surface area contributed by atoms with Crippen LogP contribution in [0.5, 0.6) is 5.88 Å². The molecule has 2 aromatic carbocycles. The average Bonchev–Trinajstić information content (AvgIpc) is 3.25. The zero-order chi connectivity index (χ0) is 18.6. The summed E-state index contributed by atoms with van der Waals surface area (Å²) in [6.07, 6.45) is 1.71. The largest absolute Gasteiger partial charge is 0.492 e. The number of para-hydroxylation sites is 1. The van der Waals surface area contributed by atoms with Gasteiger partial charge in [0.25, 0.3) is 0 Å². The summed E-state index contributed by atoms with van der Waals surface area (Å²) in [6, 6.07) is 16.5. The number of aromatic nitrogens is 2. The number of anilines is 3. The van der Waals surface area contributed by atoms with Gasteiger partial charge >= 0.3 is 0 Å². The topological polar surface area (TPSA) is 70.1 Å². The van der Waals surface area contributed by atoms with Crippen molar-refractivity contribution in [2.24, 2.45) is 0 Å². The smallest absolute Gasteiger partial charge is 0.227 e. The molecule has 27 heavy (non-hydrogen) atoms. The van der Waals surface area contributed by atoms with Gasteiger partial charge in [-0.05, 0) is 42.7 Å². The first kappa shape index (κ1) is 17.8. The first-order valence-electron chi connectivity index (χ1n) is 8.85. The SMILES string of the molecule is CCc1sc(Nc2ccc(CCNc3nc4ccccc4s3)cc2)nc1O. The van der Waals surface area contributed by atoms with Crippen LogP contribution in [-0.2, 0) is 12.8 Å². The number of aromatic hydroxyl groups is 1. The number of hydrogen-bond acceptors (Lipinski definition) is 7. The first-order chi connectivity index (χ1) is 13.2. The van der Waals surface area contributed by atoms with Crippen molar-refractivity contribution in [2.45, 2.75) is 19.8 Å². The molecule has 0 spiro atoms. The van der Waals surface area contributed by atoms with Crippen LogP contribution in [0.3, 0.4) is 0 Å². The summed E-state index contributed by atoms with van der Waals surface area (Å²) in [5, 5.41) is 18.1. The molecule has 0 unspecified atom stereocenters. The van der Waals surface area contributed by atoms with Gasteiger partial charge in [-0.25, -0.2) is 4.98 Å². The monoisotopic (exact) mass is 396 g/mol. The molecule has 0 bridgehead atoms. The third-order valence-electron chi connectivity index (χ3n) is 4.19. The summed E-state index contributed by atoms with van der Waals surface area (Å²) in [7, 11) is 0. The molecule has 2 heterocycles. The lowest BCUT2D eigenvalue weighted by Gasteiger charge is -2.06. The van der Waals surface area contributed by atoms with Crippen LogP contribution in [0.1, 0.15) is 17.4 Å². The van der Waals surface area contributed by atoms with E-state index < -0.39 is 0 Å². The van der Waals surface area contributed by atoms with Crippen molar-refractivity contribution in [1.29, 1.82) is 0 Å². The third kappa shape index (κ3) is 4.20. The van der Waals surface area contributed by atoms with Crippen molar-refractivity contribution in [3.8, 4) is 5.88 Å². The quantitative estimate of drug-likeness (QED) is 0.389. The van der Waals surface area contributed by atoms with E-state index in [1.54, 1.807) is 11.3 Å². The maximum Gasteiger partial charge on any atom is 0.227 e. The van der Waals surface area contributed by atoms with E-state index in [0.717, 1.165) is 45.7 Å². The maximum atomic E-state index is 9.74. The Morgan fingerprint density at radius 3 is 2.52 bits per heavy atom. The predicted molar refractivity (Wildman–Crippen MR) is 115 cm³/mol. The lowest BCUT2D eigenvalue weighted by Crippen LogP contribution is -2.04. The Morgan fingerprint density at radius 1 is 0.963 bits per heavy atom. The Balaban J connectivity index is 1.32. The highest BCUT2D eigenvalue weighted by molar-refractivity contribution is 7.22. The Labute approximate surface area is 165 Å². The number of fused-ring (bicyclic) bond motifs is 1. The Morgan fingerprint density at radius 2 is 1.78 bits per heavy atom. The van der Waals surface area contributed by atoms with Gasteiger partial charge in [-0.15, -0.1) is 0 Å². The summed E-state index contributed by atoms with van der Waals surface area (Å²) in [6.45, 7) is 2.85. The predicted octanol–water partition coefficient (Wildman–Crippen LogP) is 5.42. The Kier molecular flexibility index (Phi) is 5.22. The second kappa shape index (κ2) is 7.94. The molecule has 138 valence electrons. The van der Waals surface area contributed by atoms with Gasteiger partial charge in [0.2, 0.25) is 5.88 Å². The molecule has 0 fully saturated rings. The van der Waals surface area contributed by atoms with Crippen molar-refractivity contribution in [2.75, 3.05) is 17.2 Å². The average molecular weight is 397 g/mol. The highest BCUT2D eigenvalue weighted by Gasteiger charge is 2.08. The van der Waals surface area contributed by atoms with Crippen LogP contribution in [0.25, 0.3) is 10.2 Å². The molecule has 0 aliphatic carbocycles. The molecule has 0 aliphatic rings.